The van der Waals surface area contributed by atoms with Crippen LogP contribution >= 0.6 is 15.9 Å². The number of halogens is 1. The van der Waals surface area contributed by atoms with E-state index in [9.17, 15) is 4.79 Å². The van der Waals surface area contributed by atoms with Crippen LogP contribution in [0.2, 0.25) is 0 Å². The topological polar surface area (TPSA) is 34.0 Å². The van der Waals surface area contributed by atoms with E-state index < -0.39 is 0 Å². The number of rotatable bonds is 7. The van der Waals surface area contributed by atoms with Crippen LogP contribution in [-0.2, 0) is 6.54 Å². The lowest BCUT2D eigenvalue weighted by Gasteiger charge is -2.25. The molecular formula is C16H27BrN2O. The first-order chi connectivity index (χ1) is 9.36. The quantitative estimate of drug-likeness (QED) is 0.786. The summed E-state index contributed by atoms with van der Waals surface area (Å²) in [4.78, 5) is 12.4. The van der Waals surface area contributed by atoms with Gasteiger partial charge in [-0.1, -0.05) is 34.6 Å². The van der Waals surface area contributed by atoms with Crippen molar-refractivity contribution in [3.63, 3.8) is 0 Å². The van der Waals surface area contributed by atoms with Crippen molar-refractivity contribution < 1.29 is 4.79 Å². The molecule has 0 radical (unpaired) electrons. The molecule has 0 saturated heterocycles. The van der Waals surface area contributed by atoms with Gasteiger partial charge in [-0.25, -0.2) is 0 Å². The van der Waals surface area contributed by atoms with Crippen molar-refractivity contribution in [1.82, 2.24) is 9.88 Å². The van der Waals surface area contributed by atoms with Gasteiger partial charge in [-0.15, -0.1) is 0 Å². The van der Waals surface area contributed by atoms with E-state index in [1.807, 2.05) is 16.8 Å². The predicted octanol–water partition coefficient (Wildman–Crippen LogP) is 4.32. The summed E-state index contributed by atoms with van der Waals surface area (Å²) in [6.07, 6.45) is 2.99. The van der Waals surface area contributed by atoms with Crippen molar-refractivity contribution in [3.05, 3.63) is 22.4 Å². The van der Waals surface area contributed by atoms with Gasteiger partial charge in [0.25, 0.3) is 5.91 Å². The summed E-state index contributed by atoms with van der Waals surface area (Å²) in [5, 5.41) is 3.09. The standard InChI is InChI=1S/C16H27BrN2O/c1-6-7-19-10-13(17)8-15(19)16(20)18-9-14(11(2)3)12(4)5/h8,10-12,14H,6-7,9H2,1-5H3,(H,18,20). The molecule has 20 heavy (non-hydrogen) atoms. The Hall–Kier alpha value is -0.770. The molecule has 3 nitrogen and oxygen atoms in total. The summed E-state index contributed by atoms with van der Waals surface area (Å²) < 4.78 is 2.97. The zero-order valence-corrected chi connectivity index (χ0v) is 14.8. The van der Waals surface area contributed by atoms with Crippen molar-refractivity contribution in [3.8, 4) is 0 Å². The Morgan fingerprint density at radius 2 is 1.90 bits per heavy atom. The third-order valence-electron chi connectivity index (χ3n) is 3.77. The van der Waals surface area contributed by atoms with Crippen LogP contribution in [0.4, 0.5) is 0 Å². The molecule has 0 aliphatic carbocycles. The van der Waals surface area contributed by atoms with Crippen LogP contribution in [0.15, 0.2) is 16.7 Å². The molecular weight excluding hydrogens is 316 g/mol. The summed E-state index contributed by atoms with van der Waals surface area (Å²) in [7, 11) is 0. The Balaban J connectivity index is 2.71. The van der Waals surface area contributed by atoms with Gasteiger partial charge in [0.05, 0.1) is 0 Å². The Labute approximate surface area is 131 Å². The van der Waals surface area contributed by atoms with Crippen molar-refractivity contribution in [2.45, 2.75) is 47.6 Å². The molecule has 0 aliphatic heterocycles. The second-order valence-electron chi connectivity index (χ2n) is 6.10. The van der Waals surface area contributed by atoms with Gasteiger partial charge in [0.15, 0.2) is 0 Å². The number of nitrogens with zero attached hydrogens (tertiary/aromatic N) is 1. The average molecular weight is 343 g/mol. The van der Waals surface area contributed by atoms with Gasteiger partial charge in [-0.2, -0.15) is 0 Å². The molecule has 114 valence electrons. The molecule has 1 aromatic rings. The Bertz CT molecular complexity index is 430. The van der Waals surface area contributed by atoms with Crippen LogP contribution in [0.1, 0.15) is 51.5 Å². The highest BCUT2D eigenvalue weighted by Gasteiger charge is 2.19. The highest BCUT2D eigenvalue weighted by Crippen LogP contribution is 2.20. The lowest BCUT2D eigenvalue weighted by molar-refractivity contribution is 0.0927. The zero-order chi connectivity index (χ0) is 15.3. The summed E-state index contributed by atoms with van der Waals surface area (Å²) >= 11 is 3.45. The summed E-state index contributed by atoms with van der Waals surface area (Å²) in [5.74, 6) is 1.68. The maximum absolute atomic E-state index is 12.4. The van der Waals surface area contributed by atoms with Gasteiger partial charge in [0, 0.05) is 23.8 Å². The minimum absolute atomic E-state index is 0.0236. The lowest BCUT2D eigenvalue weighted by atomic mass is 9.85. The Kier molecular flexibility index (Phi) is 6.80. The third kappa shape index (κ3) is 4.65. The van der Waals surface area contributed by atoms with Crippen LogP contribution in [0.25, 0.3) is 0 Å². The summed E-state index contributed by atoms with van der Waals surface area (Å²) in [6.45, 7) is 12.6. The van der Waals surface area contributed by atoms with Crippen molar-refractivity contribution >= 4 is 21.8 Å². The molecule has 1 amide bonds. The van der Waals surface area contributed by atoms with E-state index in [1.165, 1.54) is 0 Å². The summed E-state index contributed by atoms with van der Waals surface area (Å²) in [6, 6.07) is 1.89. The van der Waals surface area contributed by atoms with E-state index in [0.717, 1.165) is 29.7 Å². The zero-order valence-electron chi connectivity index (χ0n) is 13.2. The average Bonchev–Trinajstić information content (AvgIpc) is 2.70. The maximum atomic E-state index is 12.4. The van der Waals surface area contributed by atoms with Crippen LogP contribution in [0, 0.1) is 17.8 Å². The number of aryl methyl sites for hydroxylation is 1. The number of hydrogen-bond donors (Lipinski definition) is 1. The van der Waals surface area contributed by atoms with E-state index in [2.05, 4.69) is 55.9 Å². The Morgan fingerprint density at radius 1 is 1.30 bits per heavy atom. The van der Waals surface area contributed by atoms with E-state index in [-0.39, 0.29) is 5.91 Å². The molecule has 0 saturated carbocycles. The molecule has 0 atom stereocenters. The minimum atomic E-state index is 0.0236. The molecule has 1 N–H and O–H groups in total. The largest absolute Gasteiger partial charge is 0.350 e. The Morgan fingerprint density at radius 3 is 2.40 bits per heavy atom. The molecule has 1 rings (SSSR count). The third-order valence-corrected chi connectivity index (χ3v) is 4.20. The van der Waals surface area contributed by atoms with Crippen molar-refractivity contribution in [2.75, 3.05) is 6.54 Å². The van der Waals surface area contributed by atoms with Gasteiger partial charge in [-0.05, 0) is 46.2 Å². The lowest BCUT2D eigenvalue weighted by Crippen LogP contribution is -2.34. The van der Waals surface area contributed by atoms with Crippen LogP contribution in [0.3, 0.4) is 0 Å². The van der Waals surface area contributed by atoms with Gasteiger partial charge in [0.2, 0.25) is 0 Å². The number of aromatic nitrogens is 1. The van der Waals surface area contributed by atoms with Crippen LogP contribution in [0.5, 0.6) is 0 Å². The molecule has 0 aromatic carbocycles. The fraction of sp³-hybridized carbons (Fsp3) is 0.688. The fourth-order valence-corrected chi connectivity index (χ4v) is 3.10. The number of carbonyl (C=O) groups excluding carboxylic acids is 1. The molecule has 4 heteroatoms. The smallest absolute Gasteiger partial charge is 0.267 e. The molecule has 0 unspecified atom stereocenters. The molecule has 0 fully saturated rings. The van der Waals surface area contributed by atoms with E-state index in [4.69, 9.17) is 0 Å². The van der Waals surface area contributed by atoms with Gasteiger partial charge in [0.1, 0.15) is 5.69 Å². The van der Waals surface area contributed by atoms with Gasteiger partial charge < -0.3 is 9.88 Å². The van der Waals surface area contributed by atoms with Gasteiger partial charge in [-0.3, -0.25) is 4.79 Å². The molecule has 0 spiro atoms. The number of nitrogens with one attached hydrogen (secondary N) is 1. The first-order valence-corrected chi connectivity index (χ1v) is 8.30. The SMILES string of the molecule is CCCn1cc(Br)cc1C(=O)NCC(C(C)C)C(C)C. The van der Waals surface area contributed by atoms with E-state index in [1.54, 1.807) is 0 Å². The number of amides is 1. The van der Waals surface area contributed by atoms with Crippen LogP contribution < -0.4 is 5.32 Å². The maximum Gasteiger partial charge on any atom is 0.267 e. The van der Waals surface area contributed by atoms with E-state index >= 15 is 0 Å². The molecule has 1 aromatic heterocycles. The molecule has 0 aliphatic rings. The second kappa shape index (κ2) is 7.87. The monoisotopic (exact) mass is 342 g/mol. The summed E-state index contributed by atoms with van der Waals surface area (Å²) in [5.41, 5.74) is 0.741. The highest BCUT2D eigenvalue weighted by molar-refractivity contribution is 9.10. The first kappa shape index (κ1) is 17.3. The predicted molar refractivity (Wildman–Crippen MR) is 87.9 cm³/mol. The number of hydrogen-bond acceptors (Lipinski definition) is 1. The van der Waals surface area contributed by atoms with E-state index in [0.29, 0.717) is 17.8 Å². The van der Waals surface area contributed by atoms with Crippen molar-refractivity contribution in [2.24, 2.45) is 17.8 Å². The first-order valence-electron chi connectivity index (χ1n) is 7.50. The molecule has 1 heterocycles. The fourth-order valence-electron chi connectivity index (χ4n) is 2.63. The normalized spacial score (nSPS) is 11.7. The highest BCUT2D eigenvalue weighted by atomic mass is 79.9. The minimum Gasteiger partial charge on any atom is -0.350 e. The van der Waals surface area contributed by atoms with Crippen molar-refractivity contribution in [1.29, 1.82) is 0 Å². The molecule has 0 bridgehead atoms. The number of carbonyl (C=O) groups is 1. The van der Waals surface area contributed by atoms with Gasteiger partial charge >= 0.3 is 0 Å². The van der Waals surface area contributed by atoms with Crippen LogP contribution in [-0.4, -0.2) is 17.0 Å². The second-order valence-corrected chi connectivity index (χ2v) is 7.01.